The van der Waals surface area contributed by atoms with Crippen molar-refractivity contribution in [2.75, 3.05) is 0 Å². The van der Waals surface area contributed by atoms with Crippen LogP contribution in [0.5, 0.6) is 0 Å². The average molecular weight is 433 g/mol. The lowest BCUT2D eigenvalue weighted by Gasteiger charge is -2.09. The lowest BCUT2D eigenvalue weighted by atomic mass is 10.0. The molecule has 34 heavy (non-hydrogen) atoms. The van der Waals surface area contributed by atoms with Crippen molar-refractivity contribution in [2.45, 2.75) is 0 Å². The van der Waals surface area contributed by atoms with Crippen molar-refractivity contribution in [1.82, 2.24) is 9.97 Å². The number of pyridine rings is 2. The Hall–Kier alpha value is -4.56. The fourth-order valence-corrected chi connectivity index (χ4v) is 4.87. The zero-order valence-corrected chi connectivity index (χ0v) is 18.4. The number of rotatable bonds is 2. The van der Waals surface area contributed by atoms with Crippen LogP contribution < -0.4 is 0 Å². The highest BCUT2D eigenvalue weighted by atomic mass is 14.7. The molecule has 0 aliphatic rings. The first-order valence-electron chi connectivity index (χ1n) is 11.5. The van der Waals surface area contributed by atoms with E-state index in [4.69, 9.17) is 9.97 Å². The maximum atomic E-state index is 5.08. The van der Waals surface area contributed by atoms with E-state index in [1.807, 2.05) is 0 Å². The number of nitrogens with zero attached hydrogens (tertiary/aromatic N) is 2. The van der Waals surface area contributed by atoms with Gasteiger partial charge in [0.1, 0.15) is 0 Å². The third kappa shape index (κ3) is 3.04. The first kappa shape index (κ1) is 19.0. The zero-order chi connectivity index (χ0) is 22.5. The molecule has 5 aromatic carbocycles. The molecule has 158 valence electrons. The molecule has 0 bridgehead atoms. The van der Waals surface area contributed by atoms with Gasteiger partial charge in [0.25, 0.3) is 0 Å². The highest BCUT2D eigenvalue weighted by Gasteiger charge is 2.09. The van der Waals surface area contributed by atoms with Crippen LogP contribution in [0.15, 0.2) is 121 Å². The lowest BCUT2D eigenvalue weighted by Crippen LogP contribution is -1.90. The molecule has 0 amide bonds. The Labute approximate surface area is 197 Å². The van der Waals surface area contributed by atoms with Gasteiger partial charge in [0, 0.05) is 32.7 Å². The zero-order valence-electron chi connectivity index (χ0n) is 18.4. The van der Waals surface area contributed by atoms with Crippen molar-refractivity contribution in [2.24, 2.45) is 0 Å². The van der Waals surface area contributed by atoms with Crippen LogP contribution in [0.4, 0.5) is 0 Å². The second kappa shape index (κ2) is 7.50. The molecule has 0 saturated carbocycles. The summed E-state index contributed by atoms with van der Waals surface area (Å²) in [6.45, 7) is 0. The standard InChI is InChI=1S/C32H20N2/c1-3-10-27-21(6-1)12-14-23-16-18-29(33-31(23)27)25-8-5-9-26(20-25)30-19-17-24-15-13-22-7-2-4-11-28(22)32(24)34-30/h1-20H. The third-order valence-corrected chi connectivity index (χ3v) is 6.62. The van der Waals surface area contributed by atoms with Gasteiger partial charge >= 0.3 is 0 Å². The molecule has 0 aliphatic carbocycles. The van der Waals surface area contributed by atoms with Crippen LogP contribution in [0.1, 0.15) is 0 Å². The van der Waals surface area contributed by atoms with Crippen LogP contribution in [0, 0.1) is 0 Å². The van der Waals surface area contributed by atoms with E-state index in [1.54, 1.807) is 0 Å². The quantitative estimate of drug-likeness (QED) is 0.256. The number of benzene rings is 5. The van der Waals surface area contributed by atoms with E-state index < -0.39 is 0 Å². The molecule has 2 nitrogen and oxygen atoms in total. The summed E-state index contributed by atoms with van der Waals surface area (Å²) in [6.07, 6.45) is 0. The van der Waals surface area contributed by atoms with Gasteiger partial charge in [-0.05, 0) is 29.0 Å². The predicted octanol–water partition coefficient (Wildman–Crippen LogP) is 8.42. The molecule has 0 spiro atoms. The Balaban J connectivity index is 1.38. The Morgan fingerprint density at radius 1 is 0.353 bits per heavy atom. The van der Waals surface area contributed by atoms with Crippen LogP contribution >= 0.6 is 0 Å². The Kier molecular flexibility index (Phi) is 4.18. The first-order valence-corrected chi connectivity index (χ1v) is 11.5. The molecular weight excluding hydrogens is 412 g/mol. The van der Waals surface area contributed by atoms with E-state index in [-0.39, 0.29) is 0 Å². The Morgan fingerprint density at radius 3 is 1.32 bits per heavy atom. The van der Waals surface area contributed by atoms with Crippen molar-refractivity contribution in [3.8, 4) is 22.5 Å². The number of hydrogen-bond donors (Lipinski definition) is 0. The number of fused-ring (bicyclic) bond motifs is 6. The molecule has 7 rings (SSSR count). The SMILES string of the molecule is c1cc(-c2ccc3ccc4ccccc4c3n2)cc(-c2ccc3ccc4ccccc4c3n2)c1. The molecule has 0 atom stereocenters. The normalized spacial score (nSPS) is 11.5. The molecule has 2 aromatic heterocycles. The van der Waals surface area contributed by atoms with Crippen molar-refractivity contribution >= 4 is 43.4 Å². The molecule has 2 heteroatoms. The molecule has 2 heterocycles. The van der Waals surface area contributed by atoms with Gasteiger partial charge in [-0.1, -0.05) is 103 Å². The van der Waals surface area contributed by atoms with E-state index in [1.165, 1.54) is 21.5 Å². The fraction of sp³-hybridized carbons (Fsp3) is 0. The van der Waals surface area contributed by atoms with Gasteiger partial charge < -0.3 is 0 Å². The van der Waals surface area contributed by atoms with Crippen molar-refractivity contribution in [3.05, 3.63) is 121 Å². The molecular formula is C32H20N2. The maximum Gasteiger partial charge on any atom is 0.0787 e. The summed E-state index contributed by atoms with van der Waals surface area (Å²) in [5.41, 5.74) is 6.20. The van der Waals surface area contributed by atoms with E-state index in [2.05, 4.69) is 121 Å². The van der Waals surface area contributed by atoms with Crippen LogP contribution in [0.25, 0.3) is 65.9 Å². The van der Waals surface area contributed by atoms with Gasteiger partial charge in [0.2, 0.25) is 0 Å². The van der Waals surface area contributed by atoms with E-state index in [9.17, 15) is 0 Å². The van der Waals surface area contributed by atoms with Gasteiger partial charge in [-0.2, -0.15) is 0 Å². The first-order chi connectivity index (χ1) is 16.8. The van der Waals surface area contributed by atoms with Crippen LogP contribution in [0.2, 0.25) is 0 Å². The highest BCUT2D eigenvalue weighted by molar-refractivity contribution is 6.06. The molecule has 0 radical (unpaired) electrons. The van der Waals surface area contributed by atoms with Gasteiger partial charge in [0.05, 0.1) is 22.4 Å². The van der Waals surface area contributed by atoms with Crippen LogP contribution in [-0.4, -0.2) is 9.97 Å². The summed E-state index contributed by atoms with van der Waals surface area (Å²) in [7, 11) is 0. The largest absolute Gasteiger partial charge is 0.247 e. The van der Waals surface area contributed by atoms with Crippen molar-refractivity contribution < 1.29 is 0 Å². The smallest absolute Gasteiger partial charge is 0.0787 e. The van der Waals surface area contributed by atoms with E-state index in [0.29, 0.717) is 0 Å². The minimum atomic E-state index is 0.969. The predicted molar refractivity (Wildman–Crippen MR) is 143 cm³/mol. The summed E-state index contributed by atoms with van der Waals surface area (Å²) < 4.78 is 0. The van der Waals surface area contributed by atoms with Crippen molar-refractivity contribution in [3.63, 3.8) is 0 Å². The maximum absolute atomic E-state index is 5.08. The number of hydrogen-bond acceptors (Lipinski definition) is 2. The number of aromatic nitrogens is 2. The monoisotopic (exact) mass is 432 g/mol. The van der Waals surface area contributed by atoms with Gasteiger partial charge in [0.15, 0.2) is 0 Å². The summed E-state index contributed by atoms with van der Waals surface area (Å²) in [4.78, 5) is 10.2. The fourth-order valence-electron chi connectivity index (χ4n) is 4.87. The second-order valence-corrected chi connectivity index (χ2v) is 8.69. The third-order valence-electron chi connectivity index (χ3n) is 6.62. The van der Waals surface area contributed by atoms with Gasteiger partial charge in [-0.25, -0.2) is 9.97 Å². The average Bonchev–Trinajstić information content (AvgIpc) is 2.92. The molecule has 0 fully saturated rings. The second-order valence-electron chi connectivity index (χ2n) is 8.69. The van der Waals surface area contributed by atoms with Crippen LogP contribution in [-0.2, 0) is 0 Å². The van der Waals surface area contributed by atoms with Crippen LogP contribution in [0.3, 0.4) is 0 Å². The molecule has 0 saturated heterocycles. The van der Waals surface area contributed by atoms with E-state index >= 15 is 0 Å². The topological polar surface area (TPSA) is 25.8 Å². The Morgan fingerprint density at radius 2 is 0.794 bits per heavy atom. The molecule has 7 aromatic rings. The van der Waals surface area contributed by atoms with Gasteiger partial charge in [-0.3, -0.25) is 0 Å². The van der Waals surface area contributed by atoms with Gasteiger partial charge in [-0.15, -0.1) is 0 Å². The summed E-state index contributed by atoms with van der Waals surface area (Å²) in [5.74, 6) is 0. The van der Waals surface area contributed by atoms with E-state index in [0.717, 1.165) is 44.3 Å². The summed E-state index contributed by atoms with van der Waals surface area (Å²) >= 11 is 0. The Bertz CT molecular complexity index is 1730. The molecule has 0 aliphatic heterocycles. The highest BCUT2D eigenvalue weighted by Crippen LogP contribution is 2.31. The molecule has 0 unspecified atom stereocenters. The molecule has 0 N–H and O–H groups in total. The lowest BCUT2D eigenvalue weighted by molar-refractivity contribution is 1.39. The van der Waals surface area contributed by atoms with Crippen molar-refractivity contribution in [1.29, 1.82) is 0 Å². The summed E-state index contributed by atoms with van der Waals surface area (Å²) in [5, 5.41) is 7.09. The summed E-state index contributed by atoms with van der Waals surface area (Å²) in [6, 6.07) is 42.6. The minimum absolute atomic E-state index is 0.969. The minimum Gasteiger partial charge on any atom is -0.247 e.